The van der Waals surface area contributed by atoms with Crippen LogP contribution in [-0.4, -0.2) is 43.1 Å². The van der Waals surface area contributed by atoms with Crippen LogP contribution in [0.25, 0.3) is 0 Å². The summed E-state index contributed by atoms with van der Waals surface area (Å²) in [6, 6.07) is 12.7. The fourth-order valence-electron chi connectivity index (χ4n) is 3.07. The molecule has 2 aromatic rings. The molecule has 1 aromatic heterocycles. The summed E-state index contributed by atoms with van der Waals surface area (Å²) in [4.78, 5) is 18.5. The van der Waals surface area contributed by atoms with Crippen LogP contribution in [0, 0.1) is 6.92 Å². The second-order valence-corrected chi connectivity index (χ2v) is 8.29. The molecule has 1 saturated heterocycles. The van der Waals surface area contributed by atoms with Gasteiger partial charge in [-0.05, 0) is 31.0 Å². The van der Waals surface area contributed by atoms with Crippen molar-refractivity contribution in [2.75, 3.05) is 18.8 Å². The summed E-state index contributed by atoms with van der Waals surface area (Å²) in [5, 5.41) is -0.550. The lowest BCUT2D eigenvalue weighted by Gasteiger charge is -2.20. The van der Waals surface area contributed by atoms with Crippen molar-refractivity contribution in [1.29, 1.82) is 0 Å². The Morgan fingerprint density at radius 3 is 2.58 bits per heavy atom. The number of nitrogens with zero attached hydrogens (tertiary/aromatic N) is 2. The van der Waals surface area contributed by atoms with Crippen LogP contribution in [0.4, 0.5) is 0 Å². The zero-order chi connectivity index (χ0) is 17.2. The van der Waals surface area contributed by atoms with Gasteiger partial charge in [0.05, 0.1) is 16.6 Å². The number of aryl methyl sites for hydroxylation is 1. The highest BCUT2D eigenvalue weighted by atomic mass is 32.2. The largest absolute Gasteiger partial charge is 0.338 e. The fourth-order valence-corrected chi connectivity index (χ4v) is 4.87. The molecular formula is C18H20N2O3S. The van der Waals surface area contributed by atoms with Gasteiger partial charge in [-0.1, -0.05) is 30.3 Å². The molecule has 1 amide bonds. The summed E-state index contributed by atoms with van der Waals surface area (Å²) in [6.07, 6.45) is 2.06. The predicted molar refractivity (Wildman–Crippen MR) is 92.5 cm³/mol. The number of amides is 1. The van der Waals surface area contributed by atoms with E-state index in [1.807, 2.05) is 30.3 Å². The van der Waals surface area contributed by atoms with E-state index < -0.39 is 15.1 Å². The average molecular weight is 344 g/mol. The van der Waals surface area contributed by atoms with E-state index in [1.54, 1.807) is 30.2 Å². The van der Waals surface area contributed by atoms with Gasteiger partial charge in [-0.25, -0.2) is 8.42 Å². The molecule has 1 aliphatic rings. The fraction of sp³-hybridized carbons (Fsp3) is 0.333. The highest BCUT2D eigenvalue weighted by Crippen LogP contribution is 2.29. The first-order valence-electron chi connectivity index (χ1n) is 7.96. The molecule has 2 heterocycles. The molecule has 0 saturated carbocycles. The lowest BCUT2D eigenvalue weighted by atomic mass is 10.1. The van der Waals surface area contributed by atoms with E-state index >= 15 is 0 Å². The number of pyridine rings is 1. The first-order chi connectivity index (χ1) is 11.5. The summed E-state index contributed by atoms with van der Waals surface area (Å²) in [7, 11) is -3.28. The second kappa shape index (κ2) is 6.73. The molecule has 3 rings (SSSR count). The van der Waals surface area contributed by atoms with Gasteiger partial charge >= 0.3 is 0 Å². The van der Waals surface area contributed by atoms with Crippen molar-refractivity contribution in [1.82, 2.24) is 9.88 Å². The van der Waals surface area contributed by atoms with Crippen molar-refractivity contribution in [3.8, 4) is 0 Å². The second-order valence-electron chi connectivity index (χ2n) is 5.98. The van der Waals surface area contributed by atoms with Crippen LogP contribution in [0.1, 0.15) is 33.3 Å². The minimum absolute atomic E-state index is 0.0163. The smallest absolute Gasteiger partial charge is 0.255 e. The summed E-state index contributed by atoms with van der Waals surface area (Å²) in [6.45, 7) is 2.43. The van der Waals surface area contributed by atoms with Crippen LogP contribution in [0.15, 0.2) is 48.7 Å². The Bertz CT molecular complexity index is 834. The molecule has 1 aliphatic heterocycles. The van der Waals surface area contributed by atoms with E-state index in [1.165, 1.54) is 0 Å². The van der Waals surface area contributed by atoms with Crippen LogP contribution in [-0.2, 0) is 9.84 Å². The molecule has 0 spiro atoms. The Balaban J connectivity index is 1.84. The van der Waals surface area contributed by atoms with Crippen LogP contribution >= 0.6 is 0 Å². The Morgan fingerprint density at radius 2 is 1.88 bits per heavy atom. The molecule has 5 nitrogen and oxygen atoms in total. The maximum atomic E-state index is 12.7. The highest BCUT2D eigenvalue weighted by Gasteiger charge is 2.33. The average Bonchev–Trinajstić information content (AvgIpc) is 2.74. The van der Waals surface area contributed by atoms with Gasteiger partial charge in [0.25, 0.3) is 5.91 Å². The minimum atomic E-state index is -3.28. The Labute approximate surface area is 142 Å². The van der Waals surface area contributed by atoms with Gasteiger partial charge in [0.1, 0.15) is 0 Å². The van der Waals surface area contributed by atoms with Crippen LogP contribution in [0.3, 0.4) is 0 Å². The van der Waals surface area contributed by atoms with E-state index in [0.29, 0.717) is 24.2 Å². The van der Waals surface area contributed by atoms with Gasteiger partial charge in [-0.2, -0.15) is 0 Å². The number of sulfone groups is 1. The molecule has 0 radical (unpaired) electrons. The predicted octanol–water partition coefficient (Wildman–Crippen LogP) is 2.39. The summed E-state index contributed by atoms with van der Waals surface area (Å²) in [5.41, 5.74) is 1.99. The van der Waals surface area contributed by atoms with Crippen molar-refractivity contribution in [3.05, 3.63) is 65.5 Å². The lowest BCUT2D eigenvalue weighted by Crippen LogP contribution is -2.34. The summed E-state index contributed by atoms with van der Waals surface area (Å²) in [5.74, 6) is -0.165. The molecule has 1 fully saturated rings. The van der Waals surface area contributed by atoms with Gasteiger partial charge in [-0.15, -0.1) is 0 Å². The van der Waals surface area contributed by atoms with Crippen molar-refractivity contribution in [3.63, 3.8) is 0 Å². The van der Waals surface area contributed by atoms with Crippen molar-refractivity contribution in [2.24, 2.45) is 0 Å². The molecule has 0 N–H and O–H groups in total. The lowest BCUT2D eigenvalue weighted by molar-refractivity contribution is 0.0765. The third-order valence-electron chi connectivity index (χ3n) is 4.44. The molecule has 1 atom stereocenters. The maximum Gasteiger partial charge on any atom is 0.255 e. The maximum absolute atomic E-state index is 12.7. The summed E-state index contributed by atoms with van der Waals surface area (Å²) < 4.78 is 25.2. The molecule has 1 aromatic carbocycles. The number of hydrogen-bond acceptors (Lipinski definition) is 4. The Morgan fingerprint density at radius 1 is 1.12 bits per heavy atom. The molecule has 0 bridgehead atoms. The number of rotatable bonds is 2. The molecule has 0 unspecified atom stereocenters. The number of carbonyl (C=O) groups excluding carboxylic acids is 1. The van der Waals surface area contributed by atoms with E-state index in [-0.39, 0.29) is 18.2 Å². The van der Waals surface area contributed by atoms with Gasteiger partial charge in [0.2, 0.25) is 0 Å². The van der Waals surface area contributed by atoms with Crippen LogP contribution < -0.4 is 0 Å². The van der Waals surface area contributed by atoms with Crippen molar-refractivity contribution < 1.29 is 13.2 Å². The Hall–Kier alpha value is -2.21. The quantitative estimate of drug-likeness (QED) is 0.839. The van der Waals surface area contributed by atoms with Crippen molar-refractivity contribution in [2.45, 2.75) is 18.6 Å². The monoisotopic (exact) mass is 344 g/mol. The molecule has 24 heavy (non-hydrogen) atoms. The van der Waals surface area contributed by atoms with Gasteiger partial charge in [0.15, 0.2) is 9.84 Å². The summed E-state index contributed by atoms with van der Waals surface area (Å²) >= 11 is 0. The number of benzene rings is 1. The molecule has 6 heteroatoms. The first-order valence-corrected chi connectivity index (χ1v) is 9.68. The Kier molecular flexibility index (Phi) is 4.66. The molecule has 0 aliphatic carbocycles. The zero-order valence-electron chi connectivity index (χ0n) is 13.6. The minimum Gasteiger partial charge on any atom is -0.338 e. The van der Waals surface area contributed by atoms with Gasteiger partial charge < -0.3 is 4.90 Å². The molecule has 126 valence electrons. The number of aromatic nitrogens is 1. The number of carbonyl (C=O) groups is 1. The van der Waals surface area contributed by atoms with Crippen molar-refractivity contribution >= 4 is 15.7 Å². The molecular weight excluding hydrogens is 324 g/mol. The topological polar surface area (TPSA) is 67.3 Å². The van der Waals surface area contributed by atoms with E-state index in [2.05, 4.69) is 4.98 Å². The third-order valence-corrected chi connectivity index (χ3v) is 6.56. The highest BCUT2D eigenvalue weighted by molar-refractivity contribution is 7.91. The first kappa shape index (κ1) is 16.6. The van der Waals surface area contributed by atoms with E-state index in [4.69, 9.17) is 0 Å². The van der Waals surface area contributed by atoms with Gasteiger partial charge in [-0.3, -0.25) is 9.78 Å². The van der Waals surface area contributed by atoms with Gasteiger partial charge in [0, 0.05) is 25.0 Å². The normalized spacial score (nSPS) is 20.4. The van der Waals surface area contributed by atoms with Crippen LogP contribution in [0.5, 0.6) is 0 Å². The zero-order valence-corrected chi connectivity index (χ0v) is 14.4. The van der Waals surface area contributed by atoms with Crippen LogP contribution in [0.2, 0.25) is 0 Å². The van der Waals surface area contributed by atoms with E-state index in [9.17, 15) is 13.2 Å². The third kappa shape index (κ3) is 3.33. The van der Waals surface area contributed by atoms with E-state index in [0.717, 1.165) is 5.56 Å². The standard InChI is InChI=1S/C18H20N2O3S/c1-14-16(8-5-10-19-14)18(21)20-11-9-17(24(22,23)13-12-20)15-6-3-2-4-7-15/h2-8,10,17H,9,11-13H2,1H3/t17-/m1/s1. The SMILES string of the molecule is Cc1ncccc1C(=O)N1CC[C@H](c2ccccc2)S(=O)(=O)CC1. The number of hydrogen-bond donors (Lipinski definition) is 0.